The summed E-state index contributed by atoms with van der Waals surface area (Å²) in [6.45, 7) is 7.46. The predicted octanol–water partition coefficient (Wildman–Crippen LogP) is 2.31. The largest absolute Gasteiger partial charge is 0.355 e. The Morgan fingerprint density at radius 2 is 2.08 bits per heavy atom. The van der Waals surface area contributed by atoms with Crippen molar-refractivity contribution in [3.63, 3.8) is 0 Å². The SMILES string of the molecule is CCC(C)c1ccccc1N1CC(C(=O)NCC2CNC2)CC1=O.Cl. The zero-order chi connectivity index (χ0) is 17.1. The van der Waals surface area contributed by atoms with E-state index in [2.05, 4.69) is 30.5 Å². The molecule has 0 aliphatic carbocycles. The van der Waals surface area contributed by atoms with E-state index in [1.807, 2.05) is 18.2 Å². The zero-order valence-electron chi connectivity index (χ0n) is 15.0. The van der Waals surface area contributed by atoms with Crippen LogP contribution in [0.25, 0.3) is 0 Å². The number of rotatable bonds is 6. The number of nitrogens with one attached hydrogen (secondary N) is 2. The van der Waals surface area contributed by atoms with Gasteiger partial charge in [0.05, 0.1) is 5.92 Å². The second kappa shape index (κ2) is 8.68. The first kappa shape index (κ1) is 19.7. The molecule has 2 saturated heterocycles. The van der Waals surface area contributed by atoms with Crippen LogP contribution in [0.4, 0.5) is 5.69 Å². The molecule has 1 aromatic carbocycles. The summed E-state index contributed by atoms with van der Waals surface area (Å²) in [7, 11) is 0. The molecular formula is C19H28ClN3O2. The molecule has 2 amide bonds. The third kappa shape index (κ3) is 4.33. The Kier molecular flexibility index (Phi) is 6.85. The number of halogens is 1. The fourth-order valence-corrected chi connectivity index (χ4v) is 3.37. The maximum atomic E-state index is 12.5. The van der Waals surface area contributed by atoms with Gasteiger partial charge < -0.3 is 15.5 Å². The molecule has 2 atom stereocenters. The number of amides is 2. The van der Waals surface area contributed by atoms with Gasteiger partial charge in [0, 0.05) is 44.2 Å². The van der Waals surface area contributed by atoms with Gasteiger partial charge in [-0.1, -0.05) is 32.0 Å². The van der Waals surface area contributed by atoms with Gasteiger partial charge in [0.1, 0.15) is 0 Å². The van der Waals surface area contributed by atoms with Crippen molar-refractivity contribution in [1.82, 2.24) is 10.6 Å². The summed E-state index contributed by atoms with van der Waals surface area (Å²) in [5.41, 5.74) is 2.16. The van der Waals surface area contributed by atoms with Crippen LogP contribution in [0.3, 0.4) is 0 Å². The van der Waals surface area contributed by atoms with Crippen molar-refractivity contribution < 1.29 is 9.59 Å². The van der Waals surface area contributed by atoms with Crippen LogP contribution in [0.15, 0.2) is 24.3 Å². The number of para-hydroxylation sites is 1. The highest BCUT2D eigenvalue weighted by Gasteiger charge is 2.36. The second-order valence-electron chi connectivity index (χ2n) is 7.04. The van der Waals surface area contributed by atoms with Crippen LogP contribution in [0.5, 0.6) is 0 Å². The fraction of sp³-hybridized carbons (Fsp3) is 0.579. The van der Waals surface area contributed by atoms with E-state index >= 15 is 0 Å². The van der Waals surface area contributed by atoms with Crippen molar-refractivity contribution >= 4 is 29.9 Å². The van der Waals surface area contributed by atoms with Crippen molar-refractivity contribution in [3.05, 3.63) is 29.8 Å². The van der Waals surface area contributed by atoms with Crippen LogP contribution in [-0.2, 0) is 9.59 Å². The Morgan fingerprint density at radius 3 is 2.72 bits per heavy atom. The van der Waals surface area contributed by atoms with Gasteiger partial charge in [-0.2, -0.15) is 0 Å². The molecule has 1 aromatic rings. The Hall–Kier alpha value is -1.59. The monoisotopic (exact) mass is 365 g/mol. The molecular weight excluding hydrogens is 338 g/mol. The average Bonchev–Trinajstić information content (AvgIpc) is 2.94. The van der Waals surface area contributed by atoms with Gasteiger partial charge in [0.15, 0.2) is 0 Å². The smallest absolute Gasteiger partial charge is 0.227 e. The van der Waals surface area contributed by atoms with E-state index in [-0.39, 0.29) is 30.1 Å². The molecule has 2 fully saturated rings. The van der Waals surface area contributed by atoms with Crippen molar-refractivity contribution in [2.75, 3.05) is 31.1 Å². The van der Waals surface area contributed by atoms with Gasteiger partial charge in [-0.3, -0.25) is 9.59 Å². The van der Waals surface area contributed by atoms with Gasteiger partial charge in [0.25, 0.3) is 0 Å². The van der Waals surface area contributed by atoms with Crippen molar-refractivity contribution in [2.45, 2.75) is 32.6 Å². The molecule has 0 bridgehead atoms. The minimum Gasteiger partial charge on any atom is -0.355 e. The van der Waals surface area contributed by atoms with Gasteiger partial charge >= 0.3 is 0 Å². The second-order valence-corrected chi connectivity index (χ2v) is 7.04. The molecule has 25 heavy (non-hydrogen) atoms. The van der Waals surface area contributed by atoms with Crippen molar-refractivity contribution in [3.8, 4) is 0 Å². The molecule has 2 heterocycles. The third-order valence-corrected chi connectivity index (χ3v) is 5.30. The number of carbonyl (C=O) groups is 2. The predicted molar refractivity (Wildman–Crippen MR) is 102 cm³/mol. The molecule has 3 rings (SSSR count). The molecule has 6 heteroatoms. The van der Waals surface area contributed by atoms with Gasteiger partial charge in [-0.05, 0) is 24.0 Å². The van der Waals surface area contributed by atoms with Crippen molar-refractivity contribution in [1.29, 1.82) is 0 Å². The van der Waals surface area contributed by atoms with E-state index in [9.17, 15) is 9.59 Å². The maximum Gasteiger partial charge on any atom is 0.227 e. The number of hydrogen-bond donors (Lipinski definition) is 2. The van der Waals surface area contributed by atoms with Gasteiger partial charge in [0.2, 0.25) is 11.8 Å². The lowest BCUT2D eigenvalue weighted by Crippen LogP contribution is -2.49. The summed E-state index contributed by atoms with van der Waals surface area (Å²) in [6, 6.07) is 8.07. The molecule has 2 N–H and O–H groups in total. The highest BCUT2D eigenvalue weighted by Crippen LogP contribution is 2.33. The zero-order valence-corrected chi connectivity index (χ0v) is 15.8. The van der Waals surface area contributed by atoms with Crippen LogP contribution in [0.2, 0.25) is 0 Å². The number of anilines is 1. The van der Waals surface area contributed by atoms with Gasteiger partial charge in [-0.15, -0.1) is 12.4 Å². The molecule has 0 radical (unpaired) electrons. The number of hydrogen-bond acceptors (Lipinski definition) is 3. The summed E-state index contributed by atoms with van der Waals surface area (Å²) < 4.78 is 0. The fourth-order valence-electron chi connectivity index (χ4n) is 3.37. The van der Waals surface area contributed by atoms with E-state index in [0.717, 1.165) is 25.2 Å². The molecule has 2 unspecified atom stereocenters. The Morgan fingerprint density at radius 1 is 1.36 bits per heavy atom. The highest BCUT2D eigenvalue weighted by molar-refractivity contribution is 6.00. The van der Waals surface area contributed by atoms with E-state index in [4.69, 9.17) is 0 Å². The van der Waals surface area contributed by atoms with Crippen LogP contribution >= 0.6 is 12.4 Å². The maximum absolute atomic E-state index is 12.5. The summed E-state index contributed by atoms with van der Waals surface area (Å²) in [5, 5.41) is 6.21. The molecule has 5 nitrogen and oxygen atoms in total. The molecule has 0 spiro atoms. The van der Waals surface area contributed by atoms with Crippen LogP contribution in [0, 0.1) is 11.8 Å². The minimum atomic E-state index is -0.240. The summed E-state index contributed by atoms with van der Waals surface area (Å²) in [5.74, 6) is 0.756. The first-order chi connectivity index (χ1) is 11.6. The molecule has 0 aromatic heterocycles. The number of benzene rings is 1. The van der Waals surface area contributed by atoms with Crippen molar-refractivity contribution in [2.24, 2.45) is 11.8 Å². The summed E-state index contributed by atoms with van der Waals surface area (Å²) in [6.07, 6.45) is 1.34. The lowest BCUT2D eigenvalue weighted by Gasteiger charge is -2.27. The number of carbonyl (C=O) groups excluding carboxylic acids is 2. The minimum absolute atomic E-state index is 0. The summed E-state index contributed by atoms with van der Waals surface area (Å²) >= 11 is 0. The van der Waals surface area contributed by atoms with E-state index in [1.165, 1.54) is 5.56 Å². The first-order valence-electron chi connectivity index (χ1n) is 8.97. The Balaban J connectivity index is 0.00000225. The van der Waals surface area contributed by atoms with Crippen LogP contribution < -0.4 is 15.5 Å². The Bertz CT molecular complexity index is 618. The molecule has 2 aliphatic heterocycles. The quantitative estimate of drug-likeness (QED) is 0.813. The highest BCUT2D eigenvalue weighted by atomic mass is 35.5. The number of nitrogens with zero attached hydrogens (tertiary/aromatic N) is 1. The van der Waals surface area contributed by atoms with Crippen LogP contribution in [-0.4, -0.2) is 38.0 Å². The average molecular weight is 366 g/mol. The van der Waals surface area contributed by atoms with Gasteiger partial charge in [-0.25, -0.2) is 0 Å². The van der Waals surface area contributed by atoms with Crippen LogP contribution in [0.1, 0.15) is 38.2 Å². The lowest BCUT2D eigenvalue weighted by molar-refractivity contribution is -0.126. The van der Waals surface area contributed by atoms with E-state index < -0.39 is 0 Å². The lowest BCUT2D eigenvalue weighted by atomic mass is 9.96. The first-order valence-corrected chi connectivity index (χ1v) is 8.97. The van der Waals surface area contributed by atoms with E-state index in [0.29, 0.717) is 31.3 Å². The molecule has 2 aliphatic rings. The molecule has 0 saturated carbocycles. The summed E-state index contributed by atoms with van der Waals surface area (Å²) in [4.78, 5) is 26.7. The third-order valence-electron chi connectivity index (χ3n) is 5.30. The normalized spacial score (nSPS) is 21.4. The Labute approximate surface area is 155 Å². The standard InChI is InChI=1S/C19H27N3O2.ClH/c1-3-13(2)16-6-4-5-7-17(16)22-12-15(8-18(22)23)19(24)21-11-14-9-20-10-14;/h4-7,13-15,20H,3,8-12H2,1-2H3,(H,21,24);1H. The molecule has 138 valence electrons. The van der Waals surface area contributed by atoms with E-state index in [1.54, 1.807) is 4.90 Å². The topological polar surface area (TPSA) is 61.4 Å².